The second-order valence-electron chi connectivity index (χ2n) is 6.60. The SMILES string of the molecule is CCN(C(=O)c1ccnc(Nc2cc(C)ccc2C)n1)c1cccc(C)c1. The average Bonchev–Trinajstić information content (AvgIpc) is 2.65. The van der Waals surface area contributed by atoms with Crippen LogP contribution in [0.15, 0.2) is 54.7 Å². The number of hydrogen-bond donors (Lipinski definition) is 1. The minimum absolute atomic E-state index is 0.144. The first-order valence-corrected chi connectivity index (χ1v) is 9.04. The van der Waals surface area contributed by atoms with Crippen LogP contribution in [-0.4, -0.2) is 22.4 Å². The van der Waals surface area contributed by atoms with Crippen molar-refractivity contribution in [2.24, 2.45) is 0 Å². The molecule has 0 atom stereocenters. The van der Waals surface area contributed by atoms with Gasteiger partial charge in [0.2, 0.25) is 5.95 Å². The molecule has 0 spiro atoms. The molecule has 0 aliphatic rings. The van der Waals surface area contributed by atoms with Crippen LogP contribution in [-0.2, 0) is 0 Å². The molecule has 0 aliphatic heterocycles. The van der Waals surface area contributed by atoms with E-state index in [1.165, 1.54) is 0 Å². The van der Waals surface area contributed by atoms with Crippen LogP contribution in [0.4, 0.5) is 17.3 Å². The fourth-order valence-electron chi connectivity index (χ4n) is 2.91. The van der Waals surface area contributed by atoms with Gasteiger partial charge >= 0.3 is 0 Å². The molecule has 2 aromatic carbocycles. The highest BCUT2D eigenvalue weighted by Crippen LogP contribution is 2.21. The van der Waals surface area contributed by atoms with Crippen molar-refractivity contribution >= 4 is 23.2 Å². The molecule has 0 unspecified atom stereocenters. The number of aromatic nitrogens is 2. The second-order valence-corrected chi connectivity index (χ2v) is 6.60. The number of aryl methyl sites for hydroxylation is 3. The maximum Gasteiger partial charge on any atom is 0.277 e. The molecule has 0 bridgehead atoms. The van der Waals surface area contributed by atoms with E-state index in [0.717, 1.165) is 28.1 Å². The highest BCUT2D eigenvalue weighted by Gasteiger charge is 2.18. The molecule has 3 rings (SSSR count). The van der Waals surface area contributed by atoms with E-state index in [1.807, 2.05) is 64.1 Å². The van der Waals surface area contributed by atoms with Gasteiger partial charge in [-0.25, -0.2) is 9.97 Å². The standard InChI is InChI=1S/C22H24N4O/c1-5-26(18-8-6-7-15(2)13-18)21(27)19-11-12-23-22(24-19)25-20-14-16(3)9-10-17(20)4/h6-14H,5H2,1-4H3,(H,23,24,25). The summed E-state index contributed by atoms with van der Waals surface area (Å²) in [6, 6.07) is 15.7. The van der Waals surface area contributed by atoms with Crippen LogP contribution in [0.3, 0.4) is 0 Å². The Kier molecular flexibility index (Phi) is 5.50. The number of benzene rings is 2. The van der Waals surface area contributed by atoms with Crippen LogP contribution in [0.1, 0.15) is 34.1 Å². The topological polar surface area (TPSA) is 58.1 Å². The molecule has 5 nitrogen and oxygen atoms in total. The number of carbonyl (C=O) groups is 1. The Morgan fingerprint density at radius 2 is 1.81 bits per heavy atom. The predicted molar refractivity (Wildman–Crippen MR) is 110 cm³/mol. The van der Waals surface area contributed by atoms with Crippen molar-refractivity contribution in [1.29, 1.82) is 0 Å². The summed E-state index contributed by atoms with van der Waals surface area (Å²) in [5.74, 6) is 0.268. The summed E-state index contributed by atoms with van der Waals surface area (Å²) >= 11 is 0. The average molecular weight is 360 g/mol. The van der Waals surface area contributed by atoms with Gasteiger partial charge < -0.3 is 10.2 Å². The summed E-state index contributed by atoms with van der Waals surface area (Å²) in [7, 11) is 0. The van der Waals surface area contributed by atoms with Gasteiger partial charge in [-0.05, 0) is 68.7 Å². The lowest BCUT2D eigenvalue weighted by atomic mass is 10.1. The fraction of sp³-hybridized carbons (Fsp3) is 0.227. The third-order valence-electron chi connectivity index (χ3n) is 4.39. The van der Waals surface area contributed by atoms with Crippen LogP contribution < -0.4 is 10.2 Å². The molecule has 0 fully saturated rings. The van der Waals surface area contributed by atoms with Crippen molar-refractivity contribution in [3.8, 4) is 0 Å². The molecular formula is C22H24N4O. The number of hydrogen-bond acceptors (Lipinski definition) is 4. The third-order valence-corrected chi connectivity index (χ3v) is 4.39. The van der Waals surface area contributed by atoms with Crippen molar-refractivity contribution in [2.75, 3.05) is 16.8 Å². The minimum atomic E-state index is -0.144. The van der Waals surface area contributed by atoms with E-state index in [4.69, 9.17) is 0 Å². The summed E-state index contributed by atoms with van der Waals surface area (Å²) in [5, 5.41) is 3.22. The lowest BCUT2D eigenvalue weighted by Gasteiger charge is -2.21. The Morgan fingerprint density at radius 1 is 1.04 bits per heavy atom. The molecule has 1 heterocycles. The summed E-state index contributed by atoms with van der Waals surface area (Å²) in [6.45, 7) is 8.58. The summed E-state index contributed by atoms with van der Waals surface area (Å²) in [6.07, 6.45) is 1.61. The number of amides is 1. The van der Waals surface area contributed by atoms with Crippen LogP contribution >= 0.6 is 0 Å². The number of nitrogens with zero attached hydrogens (tertiary/aromatic N) is 3. The Labute approximate surface area is 160 Å². The molecule has 27 heavy (non-hydrogen) atoms. The van der Waals surface area contributed by atoms with Crippen molar-refractivity contribution in [1.82, 2.24) is 9.97 Å². The molecule has 0 saturated heterocycles. The normalized spacial score (nSPS) is 10.5. The molecule has 1 amide bonds. The molecule has 138 valence electrons. The maximum absolute atomic E-state index is 13.0. The van der Waals surface area contributed by atoms with Gasteiger partial charge in [-0.1, -0.05) is 24.3 Å². The molecule has 1 aromatic heterocycles. The highest BCUT2D eigenvalue weighted by atomic mass is 16.2. The quantitative estimate of drug-likeness (QED) is 0.709. The van der Waals surface area contributed by atoms with Gasteiger partial charge in [0.15, 0.2) is 0 Å². The number of rotatable bonds is 5. The smallest absolute Gasteiger partial charge is 0.277 e. The van der Waals surface area contributed by atoms with Gasteiger partial charge in [0.1, 0.15) is 5.69 Å². The van der Waals surface area contributed by atoms with E-state index in [9.17, 15) is 4.79 Å². The minimum Gasteiger partial charge on any atom is -0.324 e. The van der Waals surface area contributed by atoms with E-state index in [1.54, 1.807) is 17.2 Å². The summed E-state index contributed by atoms with van der Waals surface area (Å²) in [5.41, 5.74) is 5.51. The lowest BCUT2D eigenvalue weighted by molar-refractivity contribution is 0.0983. The zero-order valence-electron chi connectivity index (χ0n) is 16.2. The Morgan fingerprint density at radius 3 is 2.56 bits per heavy atom. The third kappa shape index (κ3) is 4.31. The summed E-state index contributed by atoms with van der Waals surface area (Å²) in [4.78, 5) is 23.4. The van der Waals surface area contributed by atoms with Crippen molar-refractivity contribution in [3.05, 3.63) is 77.1 Å². The van der Waals surface area contributed by atoms with Crippen molar-refractivity contribution < 1.29 is 4.79 Å². The Balaban J connectivity index is 1.87. The van der Waals surface area contributed by atoms with Gasteiger partial charge in [-0.2, -0.15) is 0 Å². The number of nitrogens with one attached hydrogen (secondary N) is 1. The lowest BCUT2D eigenvalue weighted by Crippen LogP contribution is -2.31. The zero-order valence-corrected chi connectivity index (χ0v) is 16.2. The second kappa shape index (κ2) is 7.99. The maximum atomic E-state index is 13.0. The molecule has 0 radical (unpaired) electrons. The van der Waals surface area contributed by atoms with Crippen molar-refractivity contribution in [3.63, 3.8) is 0 Å². The Bertz CT molecular complexity index is 968. The highest BCUT2D eigenvalue weighted by molar-refractivity contribution is 6.04. The van der Waals surface area contributed by atoms with Crippen molar-refractivity contribution in [2.45, 2.75) is 27.7 Å². The Hall–Kier alpha value is -3.21. The van der Waals surface area contributed by atoms with Gasteiger partial charge in [0.25, 0.3) is 5.91 Å². The van der Waals surface area contributed by atoms with Crippen LogP contribution in [0.2, 0.25) is 0 Å². The fourth-order valence-corrected chi connectivity index (χ4v) is 2.91. The molecular weight excluding hydrogens is 336 g/mol. The zero-order chi connectivity index (χ0) is 19.4. The first kappa shape index (κ1) is 18.6. The molecule has 3 aromatic rings. The molecule has 5 heteroatoms. The summed E-state index contributed by atoms with van der Waals surface area (Å²) < 4.78 is 0. The largest absolute Gasteiger partial charge is 0.324 e. The first-order valence-electron chi connectivity index (χ1n) is 9.04. The van der Waals surface area contributed by atoms with E-state index in [-0.39, 0.29) is 5.91 Å². The number of anilines is 3. The van der Waals surface area contributed by atoms with Crippen LogP contribution in [0.25, 0.3) is 0 Å². The monoisotopic (exact) mass is 360 g/mol. The van der Waals surface area contributed by atoms with E-state index < -0.39 is 0 Å². The van der Waals surface area contributed by atoms with Crippen LogP contribution in [0, 0.1) is 20.8 Å². The van der Waals surface area contributed by atoms with Gasteiger partial charge in [0, 0.05) is 24.1 Å². The first-order chi connectivity index (χ1) is 13.0. The van der Waals surface area contributed by atoms with Gasteiger partial charge in [-0.15, -0.1) is 0 Å². The van der Waals surface area contributed by atoms with E-state index in [0.29, 0.717) is 18.2 Å². The van der Waals surface area contributed by atoms with Crippen LogP contribution in [0.5, 0.6) is 0 Å². The van der Waals surface area contributed by atoms with E-state index in [2.05, 4.69) is 21.4 Å². The predicted octanol–water partition coefficient (Wildman–Crippen LogP) is 4.81. The van der Waals surface area contributed by atoms with E-state index >= 15 is 0 Å². The molecule has 0 aliphatic carbocycles. The molecule has 1 N–H and O–H groups in total. The number of carbonyl (C=O) groups excluding carboxylic acids is 1. The molecule has 0 saturated carbocycles. The van der Waals surface area contributed by atoms with Gasteiger partial charge in [0.05, 0.1) is 0 Å². The van der Waals surface area contributed by atoms with Gasteiger partial charge in [-0.3, -0.25) is 4.79 Å².